The van der Waals surface area contributed by atoms with Gasteiger partial charge in [-0.1, -0.05) is 6.07 Å². The Bertz CT molecular complexity index is 1120. The second-order valence-electron chi connectivity index (χ2n) is 7.39. The van der Waals surface area contributed by atoms with Gasteiger partial charge in [-0.3, -0.25) is 15.1 Å². The van der Waals surface area contributed by atoms with Crippen molar-refractivity contribution in [2.24, 2.45) is 5.73 Å². The van der Waals surface area contributed by atoms with Gasteiger partial charge in [0.2, 0.25) is 0 Å². The standard InChI is InChI=1S/C22H23N7/c23-12-16-6-1-2-10-29(16)21-8-3-7-18(26-21)22-17-11-19(15-5-4-9-24-13-15)25-14-20(17)27-28-22/h3-5,7-9,11,13-14,16H,1-2,6,10,12,23H2,(H,27,28). The summed E-state index contributed by atoms with van der Waals surface area (Å²) in [6.07, 6.45) is 8.91. The molecule has 0 spiro atoms. The summed E-state index contributed by atoms with van der Waals surface area (Å²) < 4.78 is 0. The van der Waals surface area contributed by atoms with E-state index in [9.17, 15) is 0 Å². The lowest BCUT2D eigenvalue weighted by Gasteiger charge is -2.36. The van der Waals surface area contributed by atoms with Crippen molar-refractivity contribution in [2.75, 3.05) is 18.0 Å². The van der Waals surface area contributed by atoms with E-state index in [0.29, 0.717) is 12.6 Å². The van der Waals surface area contributed by atoms with Crippen LogP contribution in [-0.4, -0.2) is 44.3 Å². The summed E-state index contributed by atoms with van der Waals surface area (Å²) in [7, 11) is 0. The van der Waals surface area contributed by atoms with E-state index < -0.39 is 0 Å². The number of hydrogen-bond acceptors (Lipinski definition) is 6. The number of aromatic amines is 1. The molecule has 3 N–H and O–H groups in total. The average Bonchev–Trinajstić information content (AvgIpc) is 3.23. The molecule has 4 aromatic rings. The molecule has 7 nitrogen and oxygen atoms in total. The lowest BCUT2D eigenvalue weighted by atomic mass is 10.0. The lowest BCUT2D eigenvalue weighted by molar-refractivity contribution is 0.462. The summed E-state index contributed by atoms with van der Waals surface area (Å²) in [6.45, 7) is 1.64. The minimum atomic E-state index is 0.351. The molecule has 5 heterocycles. The quantitative estimate of drug-likeness (QED) is 0.559. The third kappa shape index (κ3) is 3.34. The first-order chi connectivity index (χ1) is 14.3. The first-order valence-corrected chi connectivity index (χ1v) is 10.0. The Labute approximate surface area is 169 Å². The molecule has 1 aliphatic heterocycles. The number of nitrogens with zero attached hydrogens (tertiary/aromatic N) is 5. The normalized spacial score (nSPS) is 17.0. The number of hydrogen-bond donors (Lipinski definition) is 2. The Morgan fingerprint density at radius 1 is 1.10 bits per heavy atom. The molecular weight excluding hydrogens is 362 g/mol. The maximum atomic E-state index is 6.01. The van der Waals surface area contributed by atoms with Crippen molar-refractivity contribution in [3.63, 3.8) is 0 Å². The van der Waals surface area contributed by atoms with Gasteiger partial charge in [-0.05, 0) is 49.6 Å². The highest BCUT2D eigenvalue weighted by molar-refractivity contribution is 5.93. The smallest absolute Gasteiger partial charge is 0.129 e. The fourth-order valence-electron chi connectivity index (χ4n) is 4.05. The van der Waals surface area contributed by atoms with E-state index >= 15 is 0 Å². The van der Waals surface area contributed by atoms with E-state index in [-0.39, 0.29) is 0 Å². The topological polar surface area (TPSA) is 96.6 Å². The second-order valence-corrected chi connectivity index (χ2v) is 7.39. The van der Waals surface area contributed by atoms with Crippen LogP contribution in [0, 0.1) is 0 Å². The SMILES string of the molecule is NCC1CCCCN1c1cccc(-c2n[nH]c3cnc(-c4cccnc4)cc23)n1. The zero-order chi connectivity index (χ0) is 19.6. The molecule has 0 bridgehead atoms. The van der Waals surface area contributed by atoms with Crippen LogP contribution in [0.1, 0.15) is 19.3 Å². The Morgan fingerprint density at radius 2 is 2.07 bits per heavy atom. The van der Waals surface area contributed by atoms with Gasteiger partial charge in [-0.25, -0.2) is 4.98 Å². The first kappa shape index (κ1) is 17.8. The summed E-state index contributed by atoms with van der Waals surface area (Å²) in [5.41, 5.74) is 10.4. The number of nitrogens with one attached hydrogen (secondary N) is 1. The lowest BCUT2D eigenvalue weighted by Crippen LogP contribution is -2.44. The van der Waals surface area contributed by atoms with Crippen molar-refractivity contribution in [2.45, 2.75) is 25.3 Å². The second kappa shape index (κ2) is 7.60. The highest BCUT2D eigenvalue weighted by Crippen LogP contribution is 2.30. The van der Waals surface area contributed by atoms with Crippen LogP contribution in [0.25, 0.3) is 33.5 Å². The van der Waals surface area contributed by atoms with E-state index in [0.717, 1.165) is 52.3 Å². The van der Waals surface area contributed by atoms with Crippen LogP contribution in [-0.2, 0) is 0 Å². The Morgan fingerprint density at radius 3 is 2.93 bits per heavy atom. The zero-order valence-corrected chi connectivity index (χ0v) is 16.1. The van der Waals surface area contributed by atoms with E-state index in [1.807, 2.05) is 42.7 Å². The Hall–Kier alpha value is -3.32. The molecule has 29 heavy (non-hydrogen) atoms. The summed E-state index contributed by atoms with van der Waals surface area (Å²) in [4.78, 5) is 16.0. The molecule has 0 saturated carbocycles. The summed E-state index contributed by atoms with van der Waals surface area (Å²) >= 11 is 0. The van der Waals surface area contributed by atoms with Gasteiger partial charge in [0, 0.05) is 42.5 Å². The number of anilines is 1. The van der Waals surface area contributed by atoms with Gasteiger partial charge in [-0.2, -0.15) is 5.10 Å². The van der Waals surface area contributed by atoms with Gasteiger partial charge in [0.15, 0.2) is 0 Å². The largest absolute Gasteiger partial charge is 0.352 e. The summed E-state index contributed by atoms with van der Waals surface area (Å²) in [5, 5.41) is 8.62. The number of H-pyrrole nitrogens is 1. The average molecular weight is 385 g/mol. The molecule has 0 amide bonds. The predicted molar refractivity (Wildman–Crippen MR) is 114 cm³/mol. The van der Waals surface area contributed by atoms with Crippen molar-refractivity contribution in [1.82, 2.24) is 25.1 Å². The van der Waals surface area contributed by atoms with Crippen molar-refractivity contribution in [3.05, 3.63) is 55.0 Å². The highest BCUT2D eigenvalue weighted by Gasteiger charge is 2.23. The number of fused-ring (bicyclic) bond motifs is 1. The number of piperidine rings is 1. The Balaban J connectivity index is 1.56. The molecular formula is C22H23N7. The number of rotatable bonds is 4. The van der Waals surface area contributed by atoms with Gasteiger partial charge in [0.25, 0.3) is 0 Å². The minimum Gasteiger partial charge on any atom is -0.352 e. The highest BCUT2D eigenvalue weighted by atomic mass is 15.2. The fraction of sp³-hybridized carbons (Fsp3) is 0.273. The molecule has 0 aliphatic carbocycles. The van der Waals surface area contributed by atoms with Crippen molar-refractivity contribution >= 4 is 16.7 Å². The number of nitrogens with two attached hydrogens (primary N) is 1. The van der Waals surface area contributed by atoms with Crippen molar-refractivity contribution in [3.8, 4) is 22.6 Å². The summed E-state index contributed by atoms with van der Waals surface area (Å²) in [6, 6.07) is 12.4. The van der Waals surface area contributed by atoms with Gasteiger partial charge in [0.1, 0.15) is 11.5 Å². The Kier molecular flexibility index (Phi) is 4.65. The van der Waals surface area contributed by atoms with Crippen LogP contribution >= 0.6 is 0 Å². The third-order valence-corrected chi connectivity index (χ3v) is 5.58. The molecule has 1 fully saturated rings. The molecule has 1 unspecified atom stereocenters. The predicted octanol–water partition coefficient (Wildman–Crippen LogP) is 3.40. The molecule has 1 saturated heterocycles. The van der Waals surface area contributed by atoms with Crippen molar-refractivity contribution in [1.29, 1.82) is 0 Å². The van der Waals surface area contributed by atoms with E-state index in [1.54, 1.807) is 6.20 Å². The zero-order valence-electron chi connectivity index (χ0n) is 16.1. The van der Waals surface area contributed by atoms with E-state index in [2.05, 4.69) is 31.1 Å². The van der Waals surface area contributed by atoms with Crippen molar-refractivity contribution < 1.29 is 0 Å². The van der Waals surface area contributed by atoms with Crippen LogP contribution in [0.4, 0.5) is 5.82 Å². The van der Waals surface area contributed by atoms with Crippen LogP contribution < -0.4 is 10.6 Å². The molecule has 0 radical (unpaired) electrons. The van der Waals surface area contributed by atoms with Crippen LogP contribution in [0.3, 0.4) is 0 Å². The number of aromatic nitrogens is 5. The maximum absolute atomic E-state index is 6.01. The molecule has 1 atom stereocenters. The van der Waals surface area contributed by atoms with Crippen LogP contribution in [0.15, 0.2) is 55.0 Å². The molecule has 0 aromatic carbocycles. The van der Waals surface area contributed by atoms with Crippen LogP contribution in [0.5, 0.6) is 0 Å². The summed E-state index contributed by atoms with van der Waals surface area (Å²) in [5.74, 6) is 0.968. The maximum Gasteiger partial charge on any atom is 0.129 e. The fourth-order valence-corrected chi connectivity index (χ4v) is 4.05. The van der Waals surface area contributed by atoms with Gasteiger partial charge >= 0.3 is 0 Å². The first-order valence-electron chi connectivity index (χ1n) is 10.0. The van der Waals surface area contributed by atoms with E-state index in [1.165, 1.54) is 12.8 Å². The molecule has 1 aliphatic rings. The minimum absolute atomic E-state index is 0.351. The monoisotopic (exact) mass is 385 g/mol. The van der Waals surface area contributed by atoms with Crippen LogP contribution in [0.2, 0.25) is 0 Å². The molecule has 7 heteroatoms. The molecule has 4 aromatic heterocycles. The van der Waals surface area contributed by atoms with Gasteiger partial charge < -0.3 is 10.6 Å². The number of pyridine rings is 3. The van der Waals surface area contributed by atoms with Gasteiger partial charge in [-0.15, -0.1) is 0 Å². The molecule has 5 rings (SSSR count). The van der Waals surface area contributed by atoms with Gasteiger partial charge in [0.05, 0.1) is 23.1 Å². The molecule has 146 valence electrons. The van der Waals surface area contributed by atoms with E-state index in [4.69, 9.17) is 10.7 Å². The third-order valence-electron chi connectivity index (χ3n) is 5.58.